The Labute approximate surface area is 67.9 Å². The summed E-state index contributed by atoms with van der Waals surface area (Å²) < 4.78 is 0. The first kappa shape index (κ1) is 8.31. The molecule has 1 fully saturated rings. The Morgan fingerprint density at radius 1 is 1.64 bits per heavy atom. The lowest BCUT2D eigenvalue weighted by molar-refractivity contribution is -0.131. The number of amides is 1. The number of rotatable bonds is 1. The molecule has 62 valence electrons. The first-order valence-corrected chi connectivity index (χ1v) is 4.18. The Balaban J connectivity index is 2.63. The number of hydrogen-bond acceptors (Lipinski definition) is 1. The zero-order chi connectivity index (χ0) is 8.27. The fraction of sp³-hybridized carbons (Fsp3) is 0.667. The summed E-state index contributed by atoms with van der Waals surface area (Å²) in [6.07, 6.45) is 4.95. The Kier molecular flexibility index (Phi) is 2.69. The molecule has 0 N–H and O–H groups in total. The maximum atomic E-state index is 11.4. The molecule has 0 aromatic rings. The summed E-state index contributed by atoms with van der Waals surface area (Å²) in [5, 5.41) is 0. The quantitative estimate of drug-likeness (QED) is 0.562. The summed E-state index contributed by atoms with van der Waals surface area (Å²) in [4.78, 5) is 13.2. The molecule has 0 aromatic carbocycles. The molecule has 0 aromatic heterocycles. The van der Waals surface area contributed by atoms with E-state index in [0.29, 0.717) is 0 Å². The zero-order valence-electron chi connectivity index (χ0n) is 7.05. The van der Waals surface area contributed by atoms with Gasteiger partial charge in [0.05, 0.1) is 0 Å². The van der Waals surface area contributed by atoms with Gasteiger partial charge in [-0.1, -0.05) is 19.9 Å². The van der Waals surface area contributed by atoms with Gasteiger partial charge in [-0.05, 0) is 19.0 Å². The maximum absolute atomic E-state index is 11.4. The van der Waals surface area contributed by atoms with Gasteiger partial charge in [0.15, 0.2) is 0 Å². The molecule has 2 heteroatoms. The van der Waals surface area contributed by atoms with Crippen molar-refractivity contribution < 1.29 is 4.79 Å². The third kappa shape index (κ3) is 1.82. The predicted molar refractivity (Wildman–Crippen MR) is 44.9 cm³/mol. The number of carbonyl (C=O) groups is 1. The summed E-state index contributed by atoms with van der Waals surface area (Å²) in [6.45, 7) is 6.46. The number of hydrogen-bond donors (Lipinski definition) is 0. The summed E-state index contributed by atoms with van der Waals surface area (Å²) in [6, 6.07) is 0. The largest absolute Gasteiger partial charge is 0.319 e. The molecule has 0 radical (unpaired) electrons. The Hall–Kier alpha value is -0.790. The third-order valence-corrected chi connectivity index (χ3v) is 2.21. The monoisotopic (exact) mass is 153 g/mol. The normalized spacial score (nSPS) is 26.5. The van der Waals surface area contributed by atoms with Crippen molar-refractivity contribution in [1.29, 1.82) is 0 Å². The molecule has 0 bridgehead atoms. The molecule has 0 saturated carbocycles. The first-order chi connectivity index (χ1) is 5.25. The standard InChI is InChI=1S/C9H15NO/c1-3-10-7-5-4-6-8(2)9(10)11/h3,8H,1,4-7H2,2H3. The minimum absolute atomic E-state index is 0.190. The van der Waals surface area contributed by atoms with Crippen LogP contribution in [0.4, 0.5) is 0 Å². The van der Waals surface area contributed by atoms with Crippen molar-refractivity contribution >= 4 is 5.91 Å². The molecule has 1 aliphatic rings. The van der Waals surface area contributed by atoms with E-state index in [-0.39, 0.29) is 11.8 Å². The van der Waals surface area contributed by atoms with Gasteiger partial charge >= 0.3 is 0 Å². The van der Waals surface area contributed by atoms with Crippen LogP contribution >= 0.6 is 0 Å². The molecule has 1 saturated heterocycles. The molecule has 2 nitrogen and oxygen atoms in total. The Morgan fingerprint density at radius 2 is 2.36 bits per heavy atom. The molecular formula is C9H15NO. The average molecular weight is 153 g/mol. The fourth-order valence-corrected chi connectivity index (χ4v) is 1.43. The summed E-state index contributed by atoms with van der Waals surface area (Å²) >= 11 is 0. The van der Waals surface area contributed by atoms with E-state index < -0.39 is 0 Å². The number of carbonyl (C=O) groups excluding carboxylic acids is 1. The molecule has 1 aliphatic heterocycles. The maximum Gasteiger partial charge on any atom is 0.229 e. The van der Waals surface area contributed by atoms with Crippen molar-refractivity contribution in [2.45, 2.75) is 26.2 Å². The van der Waals surface area contributed by atoms with Crippen LogP contribution < -0.4 is 0 Å². The minimum Gasteiger partial charge on any atom is -0.319 e. The lowest BCUT2D eigenvalue weighted by atomic mass is 10.1. The van der Waals surface area contributed by atoms with Gasteiger partial charge in [0, 0.05) is 12.5 Å². The molecule has 1 atom stereocenters. The molecule has 1 amide bonds. The third-order valence-electron chi connectivity index (χ3n) is 2.21. The van der Waals surface area contributed by atoms with E-state index in [0.717, 1.165) is 25.8 Å². The van der Waals surface area contributed by atoms with E-state index in [2.05, 4.69) is 6.58 Å². The van der Waals surface area contributed by atoms with Crippen molar-refractivity contribution in [2.75, 3.05) is 6.54 Å². The van der Waals surface area contributed by atoms with E-state index in [4.69, 9.17) is 0 Å². The van der Waals surface area contributed by atoms with Crippen LogP contribution in [-0.4, -0.2) is 17.4 Å². The lowest BCUT2D eigenvalue weighted by Crippen LogP contribution is -2.28. The Bertz CT molecular complexity index is 165. The van der Waals surface area contributed by atoms with E-state index in [1.807, 2.05) is 6.92 Å². The van der Waals surface area contributed by atoms with E-state index in [9.17, 15) is 4.79 Å². The minimum atomic E-state index is 0.190. The van der Waals surface area contributed by atoms with Crippen molar-refractivity contribution in [1.82, 2.24) is 4.90 Å². The van der Waals surface area contributed by atoms with Crippen LogP contribution in [0.15, 0.2) is 12.8 Å². The van der Waals surface area contributed by atoms with Crippen LogP contribution in [0.5, 0.6) is 0 Å². The van der Waals surface area contributed by atoms with Gasteiger partial charge in [0.25, 0.3) is 0 Å². The zero-order valence-corrected chi connectivity index (χ0v) is 7.05. The highest BCUT2D eigenvalue weighted by atomic mass is 16.2. The fourth-order valence-electron chi connectivity index (χ4n) is 1.43. The topological polar surface area (TPSA) is 20.3 Å². The van der Waals surface area contributed by atoms with Gasteiger partial charge in [-0.3, -0.25) is 4.79 Å². The van der Waals surface area contributed by atoms with Gasteiger partial charge in [-0.25, -0.2) is 0 Å². The van der Waals surface area contributed by atoms with Gasteiger partial charge in [0.2, 0.25) is 5.91 Å². The van der Waals surface area contributed by atoms with Crippen LogP contribution in [0.2, 0.25) is 0 Å². The molecule has 0 spiro atoms. The molecular weight excluding hydrogens is 138 g/mol. The molecule has 11 heavy (non-hydrogen) atoms. The second-order valence-electron chi connectivity index (χ2n) is 3.11. The number of likely N-dealkylation sites (tertiary alicyclic amines) is 1. The highest BCUT2D eigenvalue weighted by Gasteiger charge is 2.20. The second kappa shape index (κ2) is 3.56. The molecule has 1 rings (SSSR count). The van der Waals surface area contributed by atoms with E-state index in [1.165, 1.54) is 0 Å². The van der Waals surface area contributed by atoms with Crippen molar-refractivity contribution in [3.8, 4) is 0 Å². The summed E-state index contributed by atoms with van der Waals surface area (Å²) in [7, 11) is 0. The molecule has 0 aliphatic carbocycles. The van der Waals surface area contributed by atoms with Gasteiger partial charge in [-0.15, -0.1) is 0 Å². The molecule has 1 unspecified atom stereocenters. The summed E-state index contributed by atoms with van der Waals surface area (Å²) in [5.41, 5.74) is 0. The van der Waals surface area contributed by atoms with Gasteiger partial charge in [-0.2, -0.15) is 0 Å². The highest BCUT2D eigenvalue weighted by molar-refractivity contribution is 5.79. The van der Waals surface area contributed by atoms with E-state index >= 15 is 0 Å². The second-order valence-corrected chi connectivity index (χ2v) is 3.11. The smallest absolute Gasteiger partial charge is 0.229 e. The number of nitrogens with zero attached hydrogens (tertiary/aromatic N) is 1. The predicted octanol–water partition coefficient (Wildman–Crippen LogP) is 1.78. The Morgan fingerprint density at radius 3 is 3.00 bits per heavy atom. The lowest BCUT2D eigenvalue weighted by Gasteiger charge is -2.17. The molecule has 1 heterocycles. The summed E-state index contributed by atoms with van der Waals surface area (Å²) in [5.74, 6) is 0.424. The van der Waals surface area contributed by atoms with Crippen LogP contribution in [0, 0.1) is 5.92 Å². The van der Waals surface area contributed by atoms with Crippen molar-refractivity contribution in [3.05, 3.63) is 12.8 Å². The van der Waals surface area contributed by atoms with Crippen LogP contribution in [0.3, 0.4) is 0 Å². The average Bonchev–Trinajstić information content (AvgIpc) is 2.16. The highest BCUT2D eigenvalue weighted by Crippen LogP contribution is 2.16. The van der Waals surface area contributed by atoms with Gasteiger partial charge < -0.3 is 4.90 Å². The first-order valence-electron chi connectivity index (χ1n) is 4.18. The van der Waals surface area contributed by atoms with Crippen molar-refractivity contribution in [2.24, 2.45) is 5.92 Å². The van der Waals surface area contributed by atoms with Crippen LogP contribution in [-0.2, 0) is 4.79 Å². The van der Waals surface area contributed by atoms with Crippen LogP contribution in [0.1, 0.15) is 26.2 Å². The SMILES string of the molecule is C=CN1CCCCC(C)C1=O. The van der Waals surface area contributed by atoms with E-state index in [1.54, 1.807) is 11.1 Å². The van der Waals surface area contributed by atoms with Gasteiger partial charge in [0.1, 0.15) is 0 Å². The van der Waals surface area contributed by atoms with Crippen molar-refractivity contribution in [3.63, 3.8) is 0 Å². The van der Waals surface area contributed by atoms with Crippen LogP contribution in [0.25, 0.3) is 0 Å².